The maximum Gasteiger partial charge on any atom is 0.254 e. The molecule has 1 aromatic heterocycles. The first-order valence-electron chi connectivity index (χ1n) is 3.39. The standard InChI is InChI=1S/C6H10N6O/c7-2-1-3-4(6(9)13)5(8)11-12(3)10/h1-2H,7,10H2,(H2,8,11)(H2,9,13)/b2-1-. The van der Waals surface area contributed by atoms with Gasteiger partial charge in [0.15, 0.2) is 5.82 Å². The number of nitrogen functional groups attached to an aromatic ring is 2. The Labute approximate surface area is 73.9 Å². The van der Waals surface area contributed by atoms with E-state index in [0.717, 1.165) is 4.79 Å². The van der Waals surface area contributed by atoms with Gasteiger partial charge in [0, 0.05) is 0 Å². The molecule has 7 heteroatoms. The van der Waals surface area contributed by atoms with Gasteiger partial charge in [-0.3, -0.25) is 4.79 Å². The smallest absolute Gasteiger partial charge is 0.254 e. The summed E-state index contributed by atoms with van der Waals surface area (Å²) in [6, 6.07) is 0. The second-order valence-electron chi connectivity index (χ2n) is 2.31. The van der Waals surface area contributed by atoms with Crippen LogP contribution in [0.1, 0.15) is 16.1 Å². The molecule has 1 aromatic rings. The van der Waals surface area contributed by atoms with E-state index in [1.165, 1.54) is 12.3 Å². The Hall–Kier alpha value is -2.18. The number of amides is 1. The largest absolute Gasteiger partial charge is 0.405 e. The van der Waals surface area contributed by atoms with Crippen LogP contribution in [0.15, 0.2) is 6.20 Å². The third kappa shape index (κ3) is 1.39. The number of hydrogen-bond donors (Lipinski definition) is 4. The lowest BCUT2D eigenvalue weighted by Crippen LogP contribution is -2.16. The zero-order chi connectivity index (χ0) is 10.0. The van der Waals surface area contributed by atoms with Gasteiger partial charge in [0.1, 0.15) is 11.3 Å². The Morgan fingerprint density at radius 2 is 2.15 bits per heavy atom. The summed E-state index contributed by atoms with van der Waals surface area (Å²) >= 11 is 0. The zero-order valence-corrected chi connectivity index (χ0v) is 6.77. The van der Waals surface area contributed by atoms with E-state index in [-0.39, 0.29) is 17.1 Å². The van der Waals surface area contributed by atoms with Crippen molar-refractivity contribution in [3.05, 3.63) is 17.5 Å². The summed E-state index contributed by atoms with van der Waals surface area (Å²) in [6.07, 6.45) is 2.61. The average Bonchev–Trinajstić information content (AvgIpc) is 2.27. The third-order valence-electron chi connectivity index (χ3n) is 1.48. The van der Waals surface area contributed by atoms with Crippen molar-refractivity contribution in [1.82, 2.24) is 9.89 Å². The van der Waals surface area contributed by atoms with Crippen LogP contribution in [0.5, 0.6) is 0 Å². The number of carbonyl (C=O) groups is 1. The highest BCUT2D eigenvalue weighted by Gasteiger charge is 2.16. The van der Waals surface area contributed by atoms with Gasteiger partial charge in [0.2, 0.25) is 0 Å². The number of hydrogen-bond acceptors (Lipinski definition) is 5. The Kier molecular flexibility index (Phi) is 2.09. The van der Waals surface area contributed by atoms with Crippen molar-refractivity contribution < 1.29 is 4.79 Å². The summed E-state index contributed by atoms with van der Waals surface area (Å²) in [5.74, 6) is 4.67. The molecule has 8 N–H and O–H groups in total. The molecule has 1 heterocycles. The van der Waals surface area contributed by atoms with E-state index in [9.17, 15) is 4.79 Å². The van der Waals surface area contributed by atoms with Crippen LogP contribution < -0.4 is 23.0 Å². The fourth-order valence-corrected chi connectivity index (χ4v) is 0.969. The van der Waals surface area contributed by atoms with Crippen molar-refractivity contribution in [3.8, 4) is 0 Å². The van der Waals surface area contributed by atoms with E-state index >= 15 is 0 Å². The highest BCUT2D eigenvalue weighted by atomic mass is 16.1. The van der Waals surface area contributed by atoms with Crippen LogP contribution in [-0.4, -0.2) is 15.8 Å². The van der Waals surface area contributed by atoms with Gasteiger partial charge >= 0.3 is 0 Å². The average molecular weight is 182 g/mol. The predicted octanol–water partition coefficient (Wildman–Crippen LogP) is -1.79. The summed E-state index contributed by atoms with van der Waals surface area (Å²) in [7, 11) is 0. The maximum absolute atomic E-state index is 10.9. The van der Waals surface area contributed by atoms with E-state index in [1.54, 1.807) is 0 Å². The molecule has 0 radical (unpaired) electrons. The molecule has 1 amide bonds. The van der Waals surface area contributed by atoms with Crippen LogP contribution in [0.3, 0.4) is 0 Å². The lowest BCUT2D eigenvalue weighted by atomic mass is 10.2. The minimum Gasteiger partial charge on any atom is -0.405 e. The molecule has 13 heavy (non-hydrogen) atoms. The molecule has 0 bridgehead atoms. The number of nitrogens with zero attached hydrogens (tertiary/aromatic N) is 2. The van der Waals surface area contributed by atoms with Crippen LogP contribution in [0.2, 0.25) is 0 Å². The number of primary amides is 1. The van der Waals surface area contributed by atoms with E-state index < -0.39 is 5.91 Å². The van der Waals surface area contributed by atoms with Gasteiger partial charge in [-0.25, -0.2) is 0 Å². The Morgan fingerprint density at radius 3 is 2.62 bits per heavy atom. The quantitative estimate of drug-likeness (QED) is 0.400. The summed E-state index contributed by atoms with van der Waals surface area (Å²) in [5.41, 5.74) is 15.9. The summed E-state index contributed by atoms with van der Waals surface area (Å²) in [6.45, 7) is 0. The number of carbonyl (C=O) groups excluding carboxylic acids is 1. The summed E-state index contributed by atoms with van der Waals surface area (Å²) in [4.78, 5) is 11.8. The number of anilines is 1. The second kappa shape index (κ2) is 3.05. The van der Waals surface area contributed by atoms with Gasteiger partial charge in [-0.05, 0) is 12.3 Å². The van der Waals surface area contributed by atoms with Crippen molar-refractivity contribution in [3.63, 3.8) is 0 Å². The molecule has 0 aliphatic rings. The summed E-state index contributed by atoms with van der Waals surface area (Å²) in [5, 5.41) is 3.62. The van der Waals surface area contributed by atoms with Gasteiger partial charge in [-0.1, -0.05) is 0 Å². The van der Waals surface area contributed by atoms with E-state index in [1.807, 2.05) is 0 Å². The molecular formula is C6H10N6O. The normalized spacial score (nSPS) is 10.8. The minimum atomic E-state index is -0.692. The number of aromatic nitrogens is 2. The van der Waals surface area contributed by atoms with Crippen LogP contribution in [-0.2, 0) is 0 Å². The van der Waals surface area contributed by atoms with Crippen LogP contribution in [0.25, 0.3) is 6.08 Å². The first kappa shape index (κ1) is 8.91. The highest BCUT2D eigenvalue weighted by molar-refractivity contribution is 6.00. The van der Waals surface area contributed by atoms with Gasteiger partial charge in [-0.15, -0.1) is 5.10 Å². The lowest BCUT2D eigenvalue weighted by Gasteiger charge is -1.95. The molecule has 70 valence electrons. The molecule has 1 rings (SSSR count). The molecule has 0 saturated heterocycles. The monoisotopic (exact) mass is 182 g/mol. The fraction of sp³-hybridized carbons (Fsp3) is 0. The molecule has 0 spiro atoms. The van der Waals surface area contributed by atoms with Crippen molar-refractivity contribution in [2.45, 2.75) is 0 Å². The van der Waals surface area contributed by atoms with Gasteiger partial charge in [0.05, 0.1) is 0 Å². The minimum absolute atomic E-state index is 0.0110. The van der Waals surface area contributed by atoms with E-state index in [0.29, 0.717) is 0 Å². The molecular weight excluding hydrogens is 172 g/mol. The topological polar surface area (TPSA) is 139 Å². The van der Waals surface area contributed by atoms with Crippen molar-refractivity contribution in [2.75, 3.05) is 11.6 Å². The Bertz CT molecular complexity index is 365. The van der Waals surface area contributed by atoms with Gasteiger partial charge in [0.25, 0.3) is 5.91 Å². The van der Waals surface area contributed by atoms with Crippen molar-refractivity contribution in [2.24, 2.45) is 11.5 Å². The molecule has 0 atom stereocenters. The third-order valence-corrected chi connectivity index (χ3v) is 1.48. The number of nitrogens with two attached hydrogens (primary N) is 4. The molecule has 0 saturated carbocycles. The summed E-state index contributed by atoms with van der Waals surface area (Å²) < 4.78 is 0. The van der Waals surface area contributed by atoms with Gasteiger partial charge < -0.3 is 23.0 Å². The van der Waals surface area contributed by atoms with E-state index in [4.69, 9.17) is 23.0 Å². The molecule has 0 unspecified atom stereocenters. The zero-order valence-electron chi connectivity index (χ0n) is 6.77. The van der Waals surface area contributed by atoms with Crippen molar-refractivity contribution >= 4 is 17.8 Å². The molecule has 0 fully saturated rings. The molecule has 7 nitrogen and oxygen atoms in total. The fourth-order valence-electron chi connectivity index (χ4n) is 0.969. The van der Waals surface area contributed by atoms with Gasteiger partial charge in [-0.2, -0.15) is 4.79 Å². The lowest BCUT2D eigenvalue weighted by molar-refractivity contribution is 0.100. The van der Waals surface area contributed by atoms with Crippen LogP contribution >= 0.6 is 0 Å². The second-order valence-corrected chi connectivity index (χ2v) is 2.31. The maximum atomic E-state index is 10.9. The Morgan fingerprint density at radius 1 is 1.54 bits per heavy atom. The first-order valence-corrected chi connectivity index (χ1v) is 3.39. The van der Waals surface area contributed by atoms with Crippen LogP contribution in [0, 0.1) is 0 Å². The first-order chi connectivity index (χ1) is 6.07. The molecule has 0 aliphatic carbocycles. The number of rotatable bonds is 2. The van der Waals surface area contributed by atoms with Crippen molar-refractivity contribution in [1.29, 1.82) is 0 Å². The molecule has 0 aromatic carbocycles. The highest BCUT2D eigenvalue weighted by Crippen LogP contribution is 2.14. The Balaban J connectivity index is 3.37. The van der Waals surface area contributed by atoms with Crippen LogP contribution in [0.4, 0.5) is 5.82 Å². The SMILES string of the molecule is N/C=C\c1c(C(N)=O)c(N)nn1N. The predicted molar refractivity (Wildman–Crippen MR) is 48.5 cm³/mol. The van der Waals surface area contributed by atoms with E-state index in [2.05, 4.69) is 5.10 Å². The molecule has 0 aliphatic heterocycles.